The third kappa shape index (κ3) is 4.08. The quantitative estimate of drug-likeness (QED) is 0.508. The zero-order chi connectivity index (χ0) is 15.6. The van der Waals surface area contributed by atoms with Crippen molar-refractivity contribution in [3.8, 4) is 0 Å². The molecule has 0 aliphatic heterocycles. The van der Waals surface area contributed by atoms with Gasteiger partial charge in [-0.05, 0) is 43.6 Å². The predicted molar refractivity (Wildman–Crippen MR) is 80.5 cm³/mol. The fraction of sp³-hybridized carbons (Fsp3) is 0.688. The van der Waals surface area contributed by atoms with Crippen LogP contribution in [0.2, 0.25) is 0 Å². The van der Waals surface area contributed by atoms with Gasteiger partial charge in [-0.3, -0.25) is 10.2 Å². The van der Waals surface area contributed by atoms with E-state index in [0.29, 0.717) is 35.0 Å². The van der Waals surface area contributed by atoms with Crippen LogP contribution in [0.25, 0.3) is 0 Å². The number of carbonyl (C=O) groups is 1. The second-order valence-electron chi connectivity index (χ2n) is 7.00. The molecule has 1 aliphatic rings. The number of nitrogens with two attached hydrogens (primary N) is 1. The minimum atomic E-state index is -0.338. The molecule has 0 radical (unpaired) electrons. The number of hydrogen-bond donors (Lipinski definition) is 2. The monoisotopic (exact) mass is 294 g/mol. The lowest BCUT2D eigenvalue weighted by molar-refractivity contribution is -0.0370. The van der Waals surface area contributed by atoms with Gasteiger partial charge in [0.2, 0.25) is 0 Å². The number of rotatable bonds is 4. The number of furan rings is 1. The molecule has 2 unspecified atom stereocenters. The Morgan fingerprint density at radius 3 is 2.86 bits per heavy atom. The minimum Gasteiger partial charge on any atom is -0.463 e. The molecule has 2 atom stereocenters. The van der Waals surface area contributed by atoms with E-state index in [1.54, 1.807) is 13.0 Å². The summed E-state index contributed by atoms with van der Waals surface area (Å²) >= 11 is 0. The van der Waals surface area contributed by atoms with Crippen molar-refractivity contribution in [3.63, 3.8) is 0 Å². The van der Waals surface area contributed by atoms with Crippen molar-refractivity contribution in [2.45, 2.75) is 59.7 Å². The Kier molecular flexibility index (Phi) is 4.74. The normalized spacial score (nSPS) is 24.8. The van der Waals surface area contributed by atoms with Gasteiger partial charge >= 0.3 is 0 Å². The molecule has 1 aromatic heterocycles. The van der Waals surface area contributed by atoms with E-state index in [0.717, 1.165) is 12.8 Å². The van der Waals surface area contributed by atoms with Crippen LogP contribution in [0, 0.1) is 18.3 Å². The molecular weight excluding hydrogens is 268 g/mol. The topological polar surface area (TPSA) is 77.5 Å². The lowest BCUT2D eigenvalue weighted by atomic mass is 9.71. The molecule has 0 saturated heterocycles. The number of nitrogens with one attached hydrogen (secondary N) is 1. The zero-order valence-electron chi connectivity index (χ0n) is 13.4. The van der Waals surface area contributed by atoms with Crippen LogP contribution in [0.5, 0.6) is 0 Å². The van der Waals surface area contributed by atoms with Gasteiger partial charge < -0.3 is 9.15 Å². The second-order valence-corrected chi connectivity index (χ2v) is 7.00. The van der Waals surface area contributed by atoms with E-state index < -0.39 is 0 Å². The molecule has 1 heterocycles. The smallest absolute Gasteiger partial charge is 0.268 e. The maximum atomic E-state index is 11.5. The number of aryl methyl sites for hydroxylation is 1. The first-order chi connectivity index (χ1) is 9.80. The molecule has 1 fully saturated rings. The minimum absolute atomic E-state index is 0.251. The fourth-order valence-electron chi connectivity index (χ4n) is 3.50. The van der Waals surface area contributed by atoms with Crippen LogP contribution in [-0.4, -0.2) is 12.0 Å². The molecule has 5 nitrogen and oxygen atoms in total. The molecule has 1 aromatic rings. The van der Waals surface area contributed by atoms with Gasteiger partial charge in [-0.25, -0.2) is 5.84 Å². The Balaban J connectivity index is 1.95. The summed E-state index contributed by atoms with van der Waals surface area (Å²) in [5, 5.41) is 0. The van der Waals surface area contributed by atoms with E-state index in [1.165, 1.54) is 6.42 Å². The van der Waals surface area contributed by atoms with Crippen LogP contribution in [-0.2, 0) is 11.3 Å². The van der Waals surface area contributed by atoms with Gasteiger partial charge in [-0.2, -0.15) is 0 Å². The first-order valence-electron chi connectivity index (χ1n) is 7.52. The fourth-order valence-corrected chi connectivity index (χ4v) is 3.50. The molecule has 5 heteroatoms. The largest absolute Gasteiger partial charge is 0.463 e. The summed E-state index contributed by atoms with van der Waals surface area (Å²) in [6.07, 6.45) is 3.64. The Morgan fingerprint density at radius 1 is 1.52 bits per heavy atom. The van der Waals surface area contributed by atoms with Gasteiger partial charge in [0.25, 0.3) is 5.91 Å². The van der Waals surface area contributed by atoms with Crippen molar-refractivity contribution in [2.75, 3.05) is 0 Å². The maximum absolute atomic E-state index is 11.5. The molecule has 1 saturated carbocycles. The number of nitrogen functional groups attached to an aromatic ring is 1. The van der Waals surface area contributed by atoms with Crippen molar-refractivity contribution < 1.29 is 13.9 Å². The molecular formula is C16H26N2O3. The zero-order valence-corrected chi connectivity index (χ0v) is 13.4. The highest BCUT2D eigenvalue weighted by molar-refractivity contribution is 5.94. The summed E-state index contributed by atoms with van der Waals surface area (Å²) in [6, 6.07) is 1.70. The molecule has 1 aliphatic carbocycles. The van der Waals surface area contributed by atoms with Gasteiger partial charge in [-0.1, -0.05) is 20.8 Å². The second kappa shape index (κ2) is 6.20. The van der Waals surface area contributed by atoms with E-state index in [1.807, 2.05) is 0 Å². The molecule has 0 bridgehead atoms. The van der Waals surface area contributed by atoms with Crippen LogP contribution in [0.4, 0.5) is 0 Å². The lowest BCUT2D eigenvalue weighted by Crippen LogP contribution is -2.32. The highest BCUT2D eigenvalue weighted by Crippen LogP contribution is 2.39. The lowest BCUT2D eigenvalue weighted by Gasteiger charge is -2.38. The molecule has 1 amide bonds. The molecule has 0 spiro atoms. The Hall–Kier alpha value is -1.33. The highest BCUT2D eigenvalue weighted by atomic mass is 16.5. The number of carbonyl (C=O) groups excluding carboxylic acids is 1. The summed E-state index contributed by atoms with van der Waals surface area (Å²) in [5.74, 6) is 6.72. The van der Waals surface area contributed by atoms with Gasteiger partial charge in [0.1, 0.15) is 18.1 Å². The van der Waals surface area contributed by atoms with E-state index in [-0.39, 0.29) is 12.0 Å². The van der Waals surface area contributed by atoms with Gasteiger partial charge in [-0.15, -0.1) is 0 Å². The van der Waals surface area contributed by atoms with Crippen LogP contribution >= 0.6 is 0 Å². The Bertz CT molecular complexity index is 508. The van der Waals surface area contributed by atoms with Crippen LogP contribution in [0.3, 0.4) is 0 Å². The van der Waals surface area contributed by atoms with Gasteiger partial charge in [0, 0.05) is 0 Å². The molecule has 3 N–H and O–H groups in total. The SMILES string of the molecule is Cc1oc(COC2CC(C)CC(C)(C)C2)cc1C(=O)NN. The summed E-state index contributed by atoms with van der Waals surface area (Å²) in [4.78, 5) is 11.5. The average Bonchev–Trinajstić information content (AvgIpc) is 2.74. The number of hydrazine groups is 1. The Morgan fingerprint density at radius 2 is 2.24 bits per heavy atom. The predicted octanol–water partition coefficient (Wildman–Crippen LogP) is 2.92. The van der Waals surface area contributed by atoms with Crippen LogP contribution in [0.1, 0.15) is 61.9 Å². The third-order valence-electron chi connectivity index (χ3n) is 4.15. The highest BCUT2D eigenvalue weighted by Gasteiger charge is 2.32. The first kappa shape index (κ1) is 16.0. The van der Waals surface area contributed by atoms with Crippen LogP contribution < -0.4 is 11.3 Å². The van der Waals surface area contributed by atoms with E-state index in [4.69, 9.17) is 15.0 Å². The van der Waals surface area contributed by atoms with Crippen LogP contribution in [0.15, 0.2) is 10.5 Å². The number of ether oxygens (including phenoxy) is 1. The molecule has 118 valence electrons. The summed E-state index contributed by atoms with van der Waals surface area (Å²) in [7, 11) is 0. The van der Waals surface area contributed by atoms with Crippen molar-refractivity contribution in [1.82, 2.24) is 5.43 Å². The van der Waals surface area contributed by atoms with Crippen molar-refractivity contribution in [3.05, 3.63) is 23.2 Å². The molecule has 0 aromatic carbocycles. The van der Waals surface area contributed by atoms with Gasteiger partial charge in [0.15, 0.2) is 0 Å². The van der Waals surface area contributed by atoms with Crippen molar-refractivity contribution in [1.29, 1.82) is 0 Å². The summed E-state index contributed by atoms with van der Waals surface area (Å²) in [5.41, 5.74) is 2.91. The number of hydrogen-bond acceptors (Lipinski definition) is 4. The average molecular weight is 294 g/mol. The maximum Gasteiger partial charge on any atom is 0.268 e. The van der Waals surface area contributed by atoms with Crippen molar-refractivity contribution in [2.24, 2.45) is 17.2 Å². The van der Waals surface area contributed by atoms with E-state index >= 15 is 0 Å². The summed E-state index contributed by atoms with van der Waals surface area (Å²) < 4.78 is 11.6. The van der Waals surface area contributed by atoms with E-state index in [9.17, 15) is 4.79 Å². The van der Waals surface area contributed by atoms with Gasteiger partial charge in [0.05, 0.1) is 11.7 Å². The Labute approximate surface area is 126 Å². The third-order valence-corrected chi connectivity index (χ3v) is 4.15. The van der Waals surface area contributed by atoms with Crippen molar-refractivity contribution >= 4 is 5.91 Å². The first-order valence-corrected chi connectivity index (χ1v) is 7.52. The van der Waals surface area contributed by atoms with E-state index in [2.05, 4.69) is 26.2 Å². The molecule has 21 heavy (non-hydrogen) atoms. The standard InChI is InChI=1S/C16H26N2O3/c1-10-5-12(8-16(3,4)7-10)20-9-13-6-14(11(2)21-13)15(19)18-17/h6,10,12H,5,7-9,17H2,1-4H3,(H,18,19). The molecule has 2 rings (SSSR count). The summed E-state index contributed by atoms with van der Waals surface area (Å²) in [6.45, 7) is 9.00. The number of amides is 1.